The molecule has 0 amide bonds. The SMILES string of the molecule is CCC1(CNCC(O)COC2CCC(C)CC2)CC1. The Labute approximate surface area is 118 Å². The third kappa shape index (κ3) is 5.05. The van der Waals surface area contributed by atoms with Gasteiger partial charge < -0.3 is 15.2 Å². The average molecular weight is 269 g/mol. The molecule has 2 fully saturated rings. The van der Waals surface area contributed by atoms with Gasteiger partial charge in [-0.3, -0.25) is 0 Å². The molecule has 2 saturated carbocycles. The summed E-state index contributed by atoms with van der Waals surface area (Å²) < 4.78 is 5.83. The fourth-order valence-electron chi connectivity index (χ4n) is 3.04. The summed E-state index contributed by atoms with van der Waals surface area (Å²) in [5.41, 5.74) is 0.556. The first-order valence-corrected chi connectivity index (χ1v) is 8.14. The minimum atomic E-state index is -0.355. The molecule has 0 bridgehead atoms. The number of aliphatic hydroxyl groups excluding tert-OH is 1. The van der Waals surface area contributed by atoms with Gasteiger partial charge >= 0.3 is 0 Å². The molecule has 2 aliphatic rings. The van der Waals surface area contributed by atoms with Crippen molar-refractivity contribution in [2.75, 3.05) is 19.7 Å². The molecule has 19 heavy (non-hydrogen) atoms. The minimum Gasteiger partial charge on any atom is -0.389 e. The van der Waals surface area contributed by atoms with Crippen molar-refractivity contribution in [2.45, 2.75) is 71.0 Å². The van der Waals surface area contributed by atoms with Crippen LogP contribution in [0.15, 0.2) is 0 Å². The van der Waals surface area contributed by atoms with E-state index in [0.717, 1.165) is 12.5 Å². The van der Waals surface area contributed by atoms with E-state index < -0.39 is 0 Å². The Morgan fingerprint density at radius 2 is 1.95 bits per heavy atom. The van der Waals surface area contributed by atoms with Crippen LogP contribution < -0.4 is 5.32 Å². The van der Waals surface area contributed by atoms with Crippen LogP contribution in [-0.2, 0) is 4.74 Å². The molecule has 0 aromatic carbocycles. The van der Waals surface area contributed by atoms with Gasteiger partial charge in [-0.05, 0) is 56.3 Å². The van der Waals surface area contributed by atoms with Gasteiger partial charge in [0.1, 0.15) is 0 Å². The van der Waals surface area contributed by atoms with Crippen molar-refractivity contribution in [3.63, 3.8) is 0 Å². The number of hydrogen-bond donors (Lipinski definition) is 2. The van der Waals surface area contributed by atoms with Crippen LogP contribution in [-0.4, -0.2) is 37.0 Å². The first kappa shape index (κ1) is 15.3. The van der Waals surface area contributed by atoms with Crippen molar-refractivity contribution in [1.29, 1.82) is 0 Å². The monoisotopic (exact) mass is 269 g/mol. The van der Waals surface area contributed by atoms with Crippen LogP contribution in [0.25, 0.3) is 0 Å². The van der Waals surface area contributed by atoms with Gasteiger partial charge in [0.15, 0.2) is 0 Å². The number of aliphatic hydroxyl groups is 1. The smallest absolute Gasteiger partial charge is 0.0897 e. The second-order valence-corrected chi connectivity index (χ2v) is 6.85. The Morgan fingerprint density at radius 3 is 2.53 bits per heavy atom. The molecule has 0 saturated heterocycles. The molecule has 1 unspecified atom stereocenters. The van der Waals surface area contributed by atoms with Crippen molar-refractivity contribution in [2.24, 2.45) is 11.3 Å². The highest BCUT2D eigenvalue weighted by Gasteiger charge is 2.39. The second kappa shape index (κ2) is 7.05. The molecular formula is C16H31NO2. The van der Waals surface area contributed by atoms with Gasteiger partial charge in [0.25, 0.3) is 0 Å². The van der Waals surface area contributed by atoms with Crippen molar-refractivity contribution in [1.82, 2.24) is 5.32 Å². The first-order chi connectivity index (χ1) is 9.13. The Morgan fingerprint density at radius 1 is 1.26 bits per heavy atom. The molecule has 112 valence electrons. The molecule has 2 N–H and O–H groups in total. The van der Waals surface area contributed by atoms with Gasteiger partial charge in [0, 0.05) is 13.1 Å². The lowest BCUT2D eigenvalue weighted by Crippen LogP contribution is -2.35. The summed E-state index contributed by atoms with van der Waals surface area (Å²) in [6.45, 7) is 6.80. The first-order valence-electron chi connectivity index (χ1n) is 8.14. The molecule has 2 aliphatic carbocycles. The van der Waals surface area contributed by atoms with Gasteiger partial charge in [-0.15, -0.1) is 0 Å². The van der Waals surface area contributed by atoms with E-state index in [2.05, 4.69) is 19.2 Å². The van der Waals surface area contributed by atoms with Gasteiger partial charge in [-0.25, -0.2) is 0 Å². The fourth-order valence-corrected chi connectivity index (χ4v) is 3.04. The van der Waals surface area contributed by atoms with E-state index in [4.69, 9.17) is 4.74 Å². The van der Waals surface area contributed by atoms with E-state index >= 15 is 0 Å². The zero-order chi connectivity index (χ0) is 13.7. The Kier molecular flexibility index (Phi) is 5.67. The zero-order valence-electron chi connectivity index (χ0n) is 12.7. The van der Waals surface area contributed by atoms with E-state index in [9.17, 15) is 5.11 Å². The van der Waals surface area contributed by atoms with Gasteiger partial charge in [0.05, 0.1) is 18.8 Å². The second-order valence-electron chi connectivity index (χ2n) is 6.85. The number of rotatable bonds is 8. The number of hydrogen-bond acceptors (Lipinski definition) is 3. The van der Waals surface area contributed by atoms with Crippen molar-refractivity contribution >= 4 is 0 Å². The average Bonchev–Trinajstić information content (AvgIpc) is 3.19. The van der Waals surface area contributed by atoms with Crippen LogP contribution in [0.3, 0.4) is 0 Å². The van der Waals surface area contributed by atoms with E-state index in [1.807, 2.05) is 0 Å². The van der Waals surface area contributed by atoms with Crippen molar-refractivity contribution in [3.8, 4) is 0 Å². The predicted octanol–water partition coefficient (Wildman–Crippen LogP) is 2.72. The van der Waals surface area contributed by atoms with Crippen LogP contribution in [0.1, 0.15) is 58.8 Å². The lowest BCUT2D eigenvalue weighted by atomic mass is 9.89. The van der Waals surface area contributed by atoms with Gasteiger partial charge in [-0.1, -0.05) is 13.8 Å². The molecule has 0 aliphatic heterocycles. The Bertz CT molecular complexity index is 257. The summed E-state index contributed by atoms with van der Waals surface area (Å²) in [5, 5.41) is 13.3. The van der Waals surface area contributed by atoms with Crippen LogP contribution in [0.4, 0.5) is 0 Å². The standard InChI is InChI=1S/C16H31NO2/c1-3-16(8-9-16)12-17-10-14(18)11-19-15-6-4-13(2)5-7-15/h13-15,17-18H,3-12H2,1-2H3. The molecule has 3 nitrogen and oxygen atoms in total. The summed E-state index contributed by atoms with van der Waals surface area (Å²) in [7, 11) is 0. The maximum absolute atomic E-state index is 9.93. The summed E-state index contributed by atoms with van der Waals surface area (Å²) >= 11 is 0. The Balaban J connectivity index is 1.51. The minimum absolute atomic E-state index is 0.355. The van der Waals surface area contributed by atoms with Crippen LogP contribution in [0.5, 0.6) is 0 Å². The van der Waals surface area contributed by atoms with Crippen LogP contribution in [0.2, 0.25) is 0 Å². The van der Waals surface area contributed by atoms with E-state index in [-0.39, 0.29) is 6.10 Å². The normalized spacial score (nSPS) is 31.1. The topological polar surface area (TPSA) is 41.5 Å². The van der Waals surface area contributed by atoms with Crippen LogP contribution in [0, 0.1) is 11.3 Å². The maximum Gasteiger partial charge on any atom is 0.0897 e. The molecule has 3 heteroatoms. The fraction of sp³-hybridized carbons (Fsp3) is 1.00. The summed E-state index contributed by atoms with van der Waals surface area (Å²) in [6.07, 6.45) is 8.87. The summed E-state index contributed by atoms with van der Waals surface area (Å²) in [5.74, 6) is 0.857. The maximum atomic E-state index is 9.93. The van der Waals surface area contributed by atoms with Crippen LogP contribution >= 0.6 is 0 Å². The third-order valence-electron chi connectivity index (χ3n) is 5.07. The highest BCUT2D eigenvalue weighted by Crippen LogP contribution is 2.47. The predicted molar refractivity (Wildman–Crippen MR) is 78.2 cm³/mol. The molecule has 1 atom stereocenters. The van der Waals surface area contributed by atoms with Crippen molar-refractivity contribution < 1.29 is 9.84 Å². The lowest BCUT2D eigenvalue weighted by molar-refractivity contribution is -0.0280. The molecule has 2 rings (SSSR count). The van der Waals surface area contributed by atoms with E-state index in [1.165, 1.54) is 44.9 Å². The van der Waals surface area contributed by atoms with Crippen molar-refractivity contribution in [3.05, 3.63) is 0 Å². The lowest BCUT2D eigenvalue weighted by Gasteiger charge is -2.27. The Hall–Kier alpha value is -0.120. The third-order valence-corrected chi connectivity index (χ3v) is 5.07. The highest BCUT2D eigenvalue weighted by molar-refractivity contribution is 4.93. The van der Waals surface area contributed by atoms with E-state index in [1.54, 1.807) is 0 Å². The number of nitrogens with one attached hydrogen (secondary N) is 1. The molecule has 0 aromatic heterocycles. The quantitative estimate of drug-likeness (QED) is 0.712. The molecule has 0 spiro atoms. The van der Waals surface area contributed by atoms with Gasteiger partial charge in [0.2, 0.25) is 0 Å². The summed E-state index contributed by atoms with van der Waals surface area (Å²) in [6, 6.07) is 0. The van der Waals surface area contributed by atoms with Gasteiger partial charge in [-0.2, -0.15) is 0 Å². The number of ether oxygens (including phenoxy) is 1. The molecule has 0 aromatic rings. The molecule has 0 heterocycles. The van der Waals surface area contributed by atoms with E-state index in [0.29, 0.717) is 24.7 Å². The molecule has 0 radical (unpaired) electrons. The summed E-state index contributed by atoms with van der Waals surface area (Å²) in [4.78, 5) is 0. The largest absolute Gasteiger partial charge is 0.389 e. The molecular weight excluding hydrogens is 238 g/mol. The zero-order valence-corrected chi connectivity index (χ0v) is 12.7. The highest BCUT2D eigenvalue weighted by atomic mass is 16.5.